The molecule has 1 fully saturated rings. The molecule has 1 atom stereocenters. The van der Waals surface area contributed by atoms with Crippen LogP contribution in [0, 0.1) is 12.8 Å². The Labute approximate surface area is 108 Å². The number of sulfonamides is 1. The van der Waals surface area contributed by atoms with Crippen molar-refractivity contribution < 1.29 is 8.42 Å². The monoisotopic (exact) mass is 269 g/mol. The van der Waals surface area contributed by atoms with Gasteiger partial charge in [0.15, 0.2) is 0 Å². The van der Waals surface area contributed by atoms with Crippen molar-refractivity contribution in [1.29, 1.82) is 0 Å². The van der Waals surface area contributed by atoms with Gasteiger partial charge in [0.2, 0.25) is 10.0 Å². The smallest absolute Gasteiger partial charge is 0.234 e. The van der Waals surface area contributed by atoms with Crippen LogP contribution in [-0.2, 0) is 10.0 Å². The Kier molecular flexibility index (Phi) is 4.19. The van der Waals surface area contributed by atoms with E-state index in [1.165, 1.54) is 0 Å². The molecular formula is C12H19N3O2S. The van der Waals surface area contributed by atoms with E-state index in [9.17, 15) is 8.42 Å². The Bertz CT molecular complexity index is 496. The van der Waals surface area contributed by atoms with Crippen molar-refractivity contribution >= 4 is 15.8 Å². The molecule has 0 bridgehead atoms. The summed E-state index contributed by atoms with van der Waals surface area (Å²) in [5, 5.41) is 3.22. The van der Waals surface area contributed by atoms with Gasteiger partial charge in [-0.3, -0.25) is 4.72 Å². The Morgan fingerprint density at radius 2 is 2.39 bits per heavy atom. The zero-order valence-electron chi connectivity index (χ0n) is 10.5. The van der Waals surface area contributed by atoms with Crippen LogP contribution in [0.5, 0.6) is 0 Å². The number of pyridine rings is 1. The second-order valence-corrected chi connectivity index (χ2v) is 6.53. The summed E-state index contributed by atoms with van der Waals surface area (Å²) in [6, 6.07) is 3.63. The molecule has 1 saturated heterocycles. The summed E-state index contributed by atoms with van der Waals surface area (Å²) in [5.41, 5.74) is 0.836. The van der Waals surface area contributed by atoms with Crippen LogP contribution in [-0.4, -0.2) is 32.2 Å². The van der Waals surface area contributed by atoms with Crippen molar-refractivity contribution in [1.82, 2.24) is 10.3 Å². The summed E-state index contributed by atoms with van der Waals surface area (Å²) in [5.74, 6) is 0.789. The lowest BCUT2D eigenvalue weighted by Gasteiger charge is -2.22. The lowest BCUT2D eigenvalue weighted by Crippen LogP contribution is -2.35. The number of hydrogen-bond acceptors (Lipinski definition) is 4. The predicted molar refractivity (Wildman–Crippen MR) is 72.0 cm³/mol. The molecule has 2 N–H and O–H groups in total. The highest BCUT2D eigenvalue weighted by molar-refractivity contribution is 7.92. The van der Waals surface area contributed by atoms with E-state index in [-0.39, 0.29) is 11.7 Å². The van der Waals surface area contributed by atoms with Crippen molar-refractivity contribution in [3.05, 3.63) is 23.9 Å². The summed E-state index contributed by atoms with van der Waals surface area (Å²) < 4.78 is 26.7. The number of nitrogens with one attached hydrogen (secondary N) is 2. The zero-order chi connectivity index (χ0) is 13.0. The van der Waals surface area contributed by atoms with Crippen LogP contribution in [0.2, 0.25) is 0 Å². The molecule has 6 heteroatoms. The van der Waals surface area contributed by atoms with Gasteiger partial charge in [-0.15, -0.1) is 0 Å². The summed E-state index contributed by atoms with van der Waals surface area (Å²) >= 11 is 0. The van der Waals surface area contributed by atoms with Crippen LogP contribution < -0.4 is 10.0 Å². The minimum absolute atomic E-state index is 0.163. The van der Waals surface area contributed by atoms with E-state index in [1.807, 2.05) is 13.0 Å². The minimum Gasteiger partial charge on any atom is -0.316 e. The van der Waals surface area contributed by atoms with E-state index < -0.39 is 10.0 Å². The van der Waals surface area contributed by atoms with Crippen molar-refractivity contribution in [2.24, 2.45) is 5.92 Å². The zero-order valence-corrected chi connectivity index (χ0v) is 11.3. The van der Waals surface area contributed by atoms with E-state index in [0.717, 1.165) is 31.5 Å². The number of nitrogens with zero attached hydrogens (tertiary/aromatic N) is 1. The second kappa shape index (κ2) is 5.67. The fourth-order valence-corrected chi connectivity index (χ4v) is 3.65. The lowest BCUT2D eigenvalue weighted by atomic mass is 10.0. The second-order valence-electron chi connectivity index (χ2n) is 4.76. The number of anilines is 1. The quantitative estimate of drug-likeness (QED) is 0.859. The SMILES string of the molecule is Cc1cccnc1NS(=O)(=O)CC1CCCNC1. The van der Waals surface area contributed by atoms with Gasteiger partial charge in [-0.2, -0.15) is 0 Å². The molecule has 2 rings (SSSR count). The average molecular weight is 269 g/mol. The summed E-state index contributed by atoms with van der Waals surface area (Å²) in [6.07, 6.45) is 3.60. The summed E-state index contributed by atoms with van der Waals surface area (Å²) in [6.45, 7) is 3.61. The molecule has 5 nitrogen and oxygen atoms in total. The third kappa shape index (κ3) is 3.68. The van der Waals surface area contributed by atoms with Gasteiger partial charge in [0.25, 0.3) is 0 Å². The Morgan fingerprint density at radius 1 is 1.56 bits per heavy atom. The van der Waals surface area contributed by atoms with Crippen LogP contribution in [0.1, 0.15) is 18.4 Å². The molecular weight excluding hydrogens is 250 g/mol. The molecule has 1 aromatic rings. The largest absolute Gasteiger partial charge is 0.316 e. The van der Waals surface area contributed by atoms with E-state index in [4.69, 9.17) is 0 Å². The summed E-state index contributed by atoms with van der Waals surface area (Å²) in [7, 11) is -3.31. The topological polar surface area (TPSA) is 71.1 Å². The standard InChI is InChI=1S/C12H19N3O2S/c1-10-4-2-7-14-12(10)15-18(16,17)9-11-5-3-6-13-8-11/h2,4,7,11,13H,3,5-6,8-9H2,1H3,(H,14,15). The minimum atomic E-state index is -3.31. The number of hydrogen-bond donors (Lipinski definition) is 2. The molecule has 18 heavy (non-hydrogen) atoms. The highest BCUT2D eigenvalue weighted by Gasteiger charge is 2.21. The number of aromatic nitrogens is 1. The van der Waals surface area contributed by atoms with Crippen molar-refractivity contribution in [3.8, 4) is 0 Å². The van der Waals surface area contributed by atoms with Gasteiger partial charge in [-0.25, -0.2) is 13.4 Å². The van der Waals surface area contributed by atoms with Gasteiger partial charge < -0.3 is 5.32 Å². The number of piperidine rings is 1. The molecule has 1 aromatic heterocycles. The first-order valence-corrected chi connectivity index (χ1v) is 7.85. The molecule has 0 aromatic carbocycles. The molecule has 0 amide bonds. The first kappa shape index (κ1) is 13.3. The predicted octanol–water partition coefficient (Wildman–Crippen LogP) is 1.13. The molecule has 1 aliphatic heterocycles. The van der Waals surface area contributed by atoms with Crippen molar-refractivity contribution in [2.45, 2.75) is 19.8 Å². The molecule has 100 valence electrons. The van der Waals surface area contributed by atoms with E-state index in [2.05, 4.69) is 15.0 Å². The molecule has 0 aliphatic carbocycles. The van der Waals surface area contributed by atoms with E-state index >= 15 is 0 Å². The molecule has 1 unspecified atom stereocenters. The fourth-order valence-electron chi connectivity index (χ4n) is 2.16. The number of rotatable bonds is 4. The lowest BCUT2D eigenvalue weighted by molar-refractivity contribution is 0.404. The van der Waals surface area contributed by atoms with Crippen molar-refractivity contribution in [3.63, 3.8) is 0 Å². The highest BCUT2D eigenvalue weighted by Crippen LogP contribution is 2.16. The molecule has 1 aliphatic rings. The Morgan fingerprint density at radius 3 is 3.06 bits per heavy atom. The average Bonchev–Trinajstić information content (AvgIpc) is 2.32. The van der Waals surface area contributed by atoms with E-state index in [0.29, 0.717) is 5.82 Å². The third-order valence-electron chi connectivity index (χ3n) is 3.12. The Balaban J connectivity index is 2.01. The normalized spacial score (nSPS) is 20.6. The van der Waals surface area contributed by atoms with Gasteiger partial charge in [0.1, 0.15) is 5.82 Å². The van der Waals surface area contributed by atoms with Gasteiger partial charge in [-0.05, 0) is 50.4 Å². The van der Waals surface area contributed by atoms with Gasteiger partial charge >= 0.3 is 0 Å². The van der Waals surface area contributed by atoms with Crippen molar-refractivity contribution in [2.75, 3.05) is 23.6 Å². The first-order valence-electron chi connectivity index (χ1n) is 6.20. The van der Waals surface area contributed by atoms with Crippen LogP contribution in [0.4, 0.5) is 5.82 Å². The maximum absolute atomic E-state index is 12.0. The summed E-state index contributed by atoms with van der Waals surface area (Å²) in [4.78, 5) is 4.05. The first-order chi connectivity index (χ1) is 8.57. The van der Waals surface area contributed by atoms with E-state index in [1.54, 1.807) is 12.3 Å². The fraction of sp³-hybridized carbons (Fsp3) is 0.583. The molecule has 0 saturated carbocycles. The van der Waals surface area contributed by atoms with Gasteiger partial charge in [0.05, 0.1) is 5.75 Å². The molecule has 2 heterocycles. The maximum atomic E-state index is 12.0. The van der Waals surface area contributed by atoms with Crippen LogP contribution in [0.3, 0.4) is 0 Å². The molecule has 0 radical (unpaired) electrons. The third-order valence-corrected chi connectivity index (χ3v) is 4.53. The van der Waals surface area contributed by atoms with Crippen LogP contribution >= 0.6 is 0 Å². The maximum Gasteiger partial charge on any atom is 0.234 e. The Hall–Kier alpha value is -1.14. The highest BCUT2D eigenvalue weighted by atomic mass is 32.2. The van der Waals surface area contributed by atoms with Gasteiger partial charge in [-0.1, -0.05) is 6.07 Å². The molecule has 0 spiro atoms. The van der Waals surface area contributed by atoms with Crippen LogP contribution in [0.15, 0.2) is 18.3 Å². The van der Waals surface area contributed by atoms with Crippen LogP contribution in [0.25, 0.3) is 0 Å². The van der Waals surface area contributed by atoms with Gasteiger partial charge in [0, 0.05) is 6.20 Å². The number of aryl methyl sites for hydroxylation is 1.